The molecule has 0 bridgehead atoms. The summed E-state index contributed by atoms with van der Waals surface area (Å²) in [6, 6.07) is 1.38. The van der Waals surface area contributed by atoms with Gasteiger partial charge in [-0.3, -0.25) is 9.88 Å². The highest BCUT2D eigenvalue weighted by atomic mass is 16.2. The van der Waals surface area contributed by atoms with Crippen molar-refractivity contribution in [2.75, 3.05) is 11.9 Å². The second kappa shape index (κ2) is 17.0. The number of urea groups is 1. The summed E-state index contributed by atoms with van der Waals surface area (Å²) in [7, 11) is 0. The van der Waals surface area contributed by atoms with E-state index < -0.39 is 0 Å². The number of aryl methyl sites for hydroxylation is 1. The zero-order valence-corrected chi connectivity index (χ0v) is 18.7. The molecule has 0 atom stereocenters. The Balaban J connectivity index is 2.16. The van der Waals surface area contributed by atoms with Gasteiger partial charge in [-0.15, -0.1) is 0 Å². The SMILES string of the molecule is CCCCCCCCCCCCn1ccc(NC(=O)NCCCCCC)nc1=O. The van der Waals surface area contributed by atoms with Crippen LogP contribution in [0.5, 0.6) is 0 Å². The van der Waals surface area contributed by atoms with Crippen LogP contribution >= 0.6 is 0 Å². The van der Waals surface area contributed by atoms with Gasteiger partial charge in [0, 0.05) is 19.3 Å². The molecule has 0 saturated heterocycles. The quantitative estimate of drug-likeness (QED) is 0.318. The Labute approximate surface area is 176 Å². The van der Waals surface area contributed by atoms with Crippen LogP contribution in [0, 0.1) is 0 Å². The number of nitrogens with one attached hydrogen (secondary N) is 2. The molecule has 6 heteroatoms. The van der Waals surface area contributed by atoms with Crippen LogP contribution in [0.15, 0.2) is 17.1 Å². The van der Waals surface area contributed by atoms with E-state index in [-0.39, 0.29) is 11.7 Å². The summed E-state index contributed by atoms with van der Waals surface area (Å²) in [5.74, 6) is 0.306. The Kier molecular flexibility index (Phi) is 14.8. The number of hydrogen-bond acceptors (Lipinski definition) is 3. The summed E-state index contributed by atoms with van der Waals surface area (Å²) in [6.07, 6.45) is 18.9. The summed E-state index contributed by atoms with van der Waals surface area (Å²) in [5.41, 5.74) is -0.304. The van der Waals surface area contributed by atoms with E-state index in [2.05, 4.69) is 29.5 Å². The first-order valence-electron chi connectivity index (χ1n) is 11.8. The fourth-order valence-corrected chi connectivity index (χ4v) is 3.35. The van der Waals surface area contributed by atoms with E-state index in [1.807, 2.05) is 0 Å². The third kappa shape index (κ3) is 13.1. The van der Waals surface area contributed by atoms with E-state index in [4.69, 9.17) is 0 Å². The minimum atomic E-state index is -0.305. The molecule has 29 heavy (non-hydrogen) atoms. The molecule has 2 amide bonds. The Morgan fingerprint density at radius 3 is 2.00 bits per heavy atom. The maximum absolute atomic E-state index is 12.1. The van der Waals surface area contributed by atoms with E-state index >= 15 is 0 Å². The van der Waals surface area contributed by atoms with E-state index in [0.717, 1.165) is 25.7 Å². The molecule has 0 aliphatic rings. The Hall–Kier alpha value is -1.85. The number of unbranched alkanes of at least 4 members (excludes halogenated alkanes) is 12. The van der Waals surface area contributed by atoms with Crippen LogP contribution in [-0.2, 0) is 6.54 Å². The molecule has 1 aromatic heterocycles. The molecule has 0 aliphatic heterocycles. The van der Waals surface area contributed by atoms with Gasteiger partial charge in [0.05, 0.1) is 0 Å². The highest BCUT2D eigenvalue weighted by Gasteiger charge is 2.05. The van der Waals surface area contributed by atoms with Gasteiger partial charge in [0.25, 0.3) is 0 Å². The molecular formula is C23H42N4O2. The third-order valence-corrected chi connectivity index (χ3v) is 5.18. The highest BCUT2D eigenvalue weighted by Crippen LogP contribution is 2.10. The molecule has 1 rings (SSSR count). The minimum absolute atomic E-state index is 0.304. The van der Waals surface area contributed by atoms with Crippen molar-refractivity contribution in [3.63, 3.8) is 0 Å². The van der Waals surface area contributed by atoms with Gasteiger partial charge in [0.1, 0.15) is 5.82 Å². The Morgan fingerprint density at radius 1 is 0.862 bits per heavy atom. The lowest BCUT2D eigenvalue weighted by atomic mass is 10.1. The molecule has 166 valence electrons. The van der Waals surface area contributed by atoms with Crippen LogP contribution in [0.1, 0.15) is 104 Å². The van der Waals surface area contributed by atoms with E-state index in [1.54, 1.807) is 16.8 Å². The van der Waals surface area contributed by atoms with Gasteiger partial charge in [-0.25, -0.2) is 9.59 Å². The third-order valence-electron chi connectivity index (χ3n) is 5.18. The first kappa shape index (κ1) is 25.2. The number of nitrogens with zero attached hydrogens (tertiary/aromatic N) is 2. The predicted octanol–water partition coefficient (Wildman–Crippen LogP) is 5.87. The van der Waals surface area contributed by atoms with Gasteiger partial charge in [-0.1, -0.05) is 90.9 Å². The average molecular weight is 407 g/mol. The maximum Gasteiger partial charge on any atom is 0.349 e. The number of carbonyl (C=O) groups is 1. The molecule has 2 N–H and O–H groups in total. The second-order valence-electron chi connectivity index (χ2n) is 7.91. The van der Waals surface area contributed by atoms with Crippen molar-refractivity contribution in [2.45, 2.75) is 110 Å². The lowest BCUT2D eigenvalue weighted by Crippen LogP contribution is -2.31. The topological polar surface area (TPSA) is 76.0 Å². The summed E-state index contributed by atoms with van der Waals surface area (Å²) in [4.78, 5) is 27.9. The number of aromatic nitrogens is 2. The van der Waals surface area contributed by atoms with E-state index in [0.29, 0.717) is 18.9 Å². The van der Waals surface area contributed by atoms with E-state index in [9.17, 15) is 9.59 Å². The first-order valence-corrected chi connectivity index (χ1v) is 11.8. The Morgan fingerprint density at radius 2 is 1.41 bits per heavy atom. The fourth-order valence-electron chi connectivity index (χ4n) is 3.35. The first-order chi connectivity index (χ1) is 14.2. The largest absolute Gasteiger partial charge is 0.349 e. The molecule has 0 radical (unpaired) electrons. The van der Waals surface area contributed by atoms with Crippen molar-refractivity contribution in [1.82, 2.24) is 14.9 Å². The normalized spacial score (nSPS) is 10.8. The molecule has 0 spiro atoms. The average Bonchev–Trinajstić information content (AvgIpc) is 2.70. The van der Waals surface area contributed by atoms with E-state index in [1.165, 1.54) is 64.2 Å². The number of anilines is 1. The number of amides is 2. The van der Waals surface area contributed by atoms with Crippen molar-refractivity contribution in [2.24, 2.45) is 0 Å². The molecule has 6 nitrogen and oxygen atoms in total. The van der Waals surface area contributed by atoms with Crippen LogP contribution in [0.3, 0.4) is 0 Å². The number of hydrogen-bond donors (Lipinski definition) is 2. The van der Waals surface area contributed by atoms with Crippen molar-refractivity contribution < 1.29 is 4.79 Å². The fraction of sp³-hybridized carbons (Fsp3) is 0.783. The standard InChI is InChI=1S/C23H42N4O2/c1-3-5-7-9-10-11-12-13-14-16-19-27-20-17-21(26-23(27)29)25-22(28)24-18-15-8-6-4-2/h17,20H,3-16,18-19H2,1-2H3,(H2,24,25,26,28,29). The van der Waals surface area contributed by atoms with Gasteiger partial charge in [-0.05, 0) is 18.9 Å². The van der Waals surface area contributed by atoms with Crippen molar-refractivity contribution in [1.29, 1.82) is 0 Å². The van der Waals surface area contributed by atoms with Gasteiger partial charge in [0.2, 0.25) is 0 Å². The summed E-state index contributed by atoms with van der Waals surface area (Å²) in [6.45, 7) is 5.73. The van der Waals surface area contributed by atoms with Gasteiger partial charge >= 0.3 is 11.7 Å². The zero-order chi connectivity index (χ0) is 21.2. The Bertz CT molecular complexity index is 601. The van der Waals surface area contributed by atoms with Crippen LogP contribution in [0.4, 0.5) is 10.6 Å². The van der Waals surface area contributed by atoms with Crippen molar-refractivity contribution in [3.8, 4) is 0 Å². The van der Waals surface area contributed by atoms with Crippen molar-refractivity contribution in [3.05, 3.63) is 22.7 Å². The predicted molar refractivity (Wildman–Crippen MR) is 122 cm³/mol. The molecule has 1 heterocycles. The number of carbonyl (C=O) groups excluding carboxylic acids is 1. The van der Waals surface area contributed by atoms with Crippen LogP contribution in [0.2, 0.25) is 0 Å². The lowest BCUT2D eigenvalue weighted by Gasteiger charge is -2.09. The van der Waals surface area contributed by atoms with Crippen LogP contribution < -0.4 is 16.3 Å². The number of rotatable bonds is 17. The van der Waals surface area contributed by atoms with Crippen molar-refractivity contribution >= 4 is 11.8 Å². The molecule has 1 aromatic rings. The minimum Gasteiger partial charge on any atom is -0.338 e. The molecular weight excluding hydrogens is 364 g/mol. The van der Waals surface area contributed by atoms with Crippen LogP contribution in [0.25, 0.3) is 0 Å². The highest BCUT2D eigenvalue weighted by molar-refractivity contribution is 5.87. The summed E-state index contributed by atoms with van der Waals surface area (Å²) < 4.78 is 1.62. The molecule has 0 fully saturated rings. The molecule has 0 aliphatic carbocycles. The molecule has 0 saturated carbocycles. The summed E-state index contributed by atoms with van der Waals surface area (Å²) >= 11 is 0. The monoisotopic (exact) mass is 406 g/mol. The lowest BCUT2D eigenvalue weighted by molar-refractivity contribution is 0.252. The molecule has 0 aromatic carbocycles. The molecule has 0 unspecified atom stereocenters. The second-order valence-corrected chi connectivity index (χ2v) is 7.91. The summed E-state index contributed by atoms with van der Waals surface area (Å²) in [5, 5.41) is 5.43. The van der Waals surface area contributed by atoms with Gasteiger partial charge in [0.15, 0.2) is 0 Å². The van der Waals surface area contributed by atoms with Gasteiger partial charge in [-0.2, -0.15) is 4.98 Å². The maximum atomic E-state index is 12.1. The van der Waals surface area contributed by atoms with Gasteiger partial charge < -0.3 is 5.32 Å². The zero-order valence-electron chi connectivity index (χ0n) is 18.7. The smallest absolute Gasteiger partial charge is 0.338 e. The van der Waals surface area contributed by atoms with Crippen LogP contribution in [-0.4, -0.2) is 22.1 Å².